The average Bonchev–Trinajstić information content (AvgIpc) is 3.09. The third kappa shape index (κ3) is 6.17. The van der Waals surface area contributed by atoms with Gasteiger partial charge in [0.25, 0.3) is 0 Å². The molecule has 1 saturated carbocycles. The Bertz CT molecular complexity index is 959. The molecule has 1 unspecified atom stereocenters. The molecule has 1 fully saturated rings. The monoisotopic (exact) mass is 449 g/mol. The summed E-state index contributed by atoms with van der Waals surface area (Å²) in [6, 6.07) is 15.0. The molecular weight excluding hydrogens is 410 g/mol. The summed E-state index contributed by atoms with van der Waals surface area (Å²) in [6.45, 7) is 7.14. The van der Waals surface area contributed by atoms with Gasteiger partial charge >= 0.3 is 0 Å². The number of carbonyl (C=O) groups is 1. The normalized spacial score (nSPS) is 21.5. The van der Waals surface area contributed by atoms with Crippen molar-refractivity contribution < 1.29 is 14.6 Å². The van der Waals surface area contributed by atoms with E-state index in [1.807, 2.05) is 12.1 Å². The van der Waals surface area contributed by atoms with Crippen LogP contribution in [0.15, 0.2) is 42.5 Å². The zero-order chi connectivity index (χ0) is 23.5. The second kappa shape index (κ2) is 9.89. The molecule has 1 aliphatic carbocycles. The van der Waals surface area contributed by atoms with Crippen molar-refractivity contribution in [3.05, 3.63) is 64.7 Å². The van der Waals surface area contributed by atoms with E-state index in [1.54, 1.807) is 0 Å². The van der Waals surface area contributed by atoms with Crippen LogP contribution < -0.4 is 10.1 Å². The zero-order valence-corrected chi connectivity index (χ0v) is 20.5. The Labute approximate surface area is 198 Å². The lowest BCUT2D eigenvalue weighted by atomic mass is 9.82. The second-order valence-corrected chi connectivity index (χ2v) is 10.8. The first-order chi connectivity index (χ1) is 15.7. The molecule has 1 heterocycles. The van der Waals surface area contributed by atoms with Gasteiger partial charge in [0, 0.05) is 19.4 Å². The fourth-order valence-electron chi connectivity index (χ4n) is 5.38. The van der Waals surface area contributed by atoms with Crippen molar-refractivity contribution in [3.63, 3.8) is 0 Å². The van der Waals surface area contributed by atoms with E-state index >= 15 is 0 Å². The van der Waals surface area contributed by atoms with Gasteiger partial charge in [-0.3, -0.25) is 4.79 Å². The lowest BCUT2D eigenvalue weighted by Gasteiger charge is -2.32. The smallest absolute Gasteiger partial charge is 0.224 e. The number of fused-ring (bicyclic) bond motifs is 1. The van der Waals surface area contributed by atoms with Gasteiger partial charge in [-0.15, -0.1) is 0 Å². The Morgan fingerprint density at radius 1 is 1.06 bits per heavy atom. The number of benzene rings is 2. The molecule has 1 amide bonds. The Balaban J connectivity index is 1.30. The van der Waals surface area contributed by atoms with E-state index in [0.717, 1.165) is 49.8 Å². The molecule has 1 aliphatic heterocycles. The van der Waals surface area contributed by atoms with Crippen molar-refractivity contribution in [1.29, 1.82) is 0 Å². The summed E-state index contributed by atoms with van der Waals surface area (Å²) in [5.74, 6) is 1.48. The van der Waals surface area contributed by atoms with Crippen molar-refractivity contribution in [3.8, 4) is 5.75 Å². The quantitative estimate of drug-likeness (QED) is 0.560. The van der Waals surface area contributed by atoms with Crippen LogP contribution in [0, 0.1) is 0 Å². The second-order valence-electron chi connectivity index (χ2n) is 10.8. The molecule has 178 valence electrons. The van der Waals surface area contributed by atoms with Crippen molar-refractivity contribution >= 4 is 5.91 Å². The highest BCUT2D eigenvalue weighted by Gasteiger charge is 2.35. The van der Waals surface area contributed by atoms with Crippen LogP contribution in [-0.4, -0.2) is 28.8 Å². The standard InChI is InChI=1S/C29H39NO3/c1-21(2)24-10-7-22(8-11-24)19-28(3)20-25-17-23(9-12-26(25)33-28)18-27(31)30-16-15-29(32)13-5-4-6-14-29/h7-12,17,21,32H,4-6,13-16,18-20H2,1-3H3,(H,30,31). The minimum atomic E-state index is -0.587. The summed E-state index contributed by atoms with van der Waals surface area (Å²) >= 11 is 0. The molecule has 0 radical (unpaired) electrons. The van der Waals surface area contributed by atoms with Gasteiger partial charge in [0.05, 0.1) is 12.0 Å². The lowest BCUT2D eigenvalue weighted by molar-refractivity contribution is -0.120. The highest BCUT2D eigenvalue weighted by molar-refractivity contribution is 5.78. The number of hydrogen-bond donors (Lipinski definition) is 2. The molecule has 1 atom stereocenters. The van der Waals surface area contributed by atoms with Crippen LogP contribution in [0.5, 0.6) is 5.75 Å². The maximum atomic E-state index is 12.5. The van der Waals surface area contributed by atoms with E-state index in [9.17, 15) is 9.90 Å². The van der Waals surface area contributed by atoms with E-state index in [-0.39, 0.29) is 11.5 Å². The van der Waals surface area contributed by atoms with E-state index in [4.69, 9.17) is 4.74 Å². The molecule has 2 aliphatic rings. The number of aliphatic hydroxyl groups is 1. The van der Waals surface area contributed by atoms with Crippen LogP contribution in [0.4, 0.5) is 0 Å². The van der Waals surface area contributed by atoms with Crippen LogP contribution in [0.25, 0.3) is 0 Å². The number of hydrogen-bond acceptors (Lipinski definition) is 3. The molecule has 2 aromatic carbocycles. The first-order valence-corrected chi connectivity index (χ1v) is 12.6. The minimum Gasteiger partial charge on any atom is -0.487 e. The van der Waals surface area contributed by atoms with Crippen molar-refractivity contribution in [2.24, 2.45) is 0 Å². The van der Waals surface area contributed by atoms with Crippen LogP contribution in [0.1, 0.15) is 87.5 Å². The van der Waals surface area contributed by atoms with Crippen molar-refractivity contribution in [2.75, 3.05) is 6.54 Å². The van der Waals surface area contributed by atoms with Crippen LogP contribution in [0.2, 0.25) is 0 Å². The maximum Gasteiger partial charge on any atom is 0.224 e. The predicted octanol–water partition coefficient (Wildman–Crippen LogP) is 5.49. The molecule has 2 N–H and O–H groups in total. The van der Waals surface area contributed by atoms with Gasteiger partial charge in [0.1, 0.15) is 11.4 Å². The van der Waals surface area contributed by atoms with Gasteiger partial charge in [-0.2, -0.15) is 0 Å². The Morgan fingerprint density at radius 3 is 2.45 bits per heavy atom. The van der Waals surface area contributed by atoms with Gasteiger partial charge < -0.3 is 15.2 Å². The molecule has 0 aromatic heterocycles. The average molecular weight is 450 g/mol. The largest absolute Gasteiger partial charge is 0.487 e. The molecule has 2 aromatic rings. The van der Waals surface area contributed by atoms with Crippen molar-refractivity contribution in [1.82, 2.24) is 5.32 Å². The summed E-state index contributed by atoms with van der Waals surface area (Å²) in [5, 5.41) is 13.6. The summed E-state index contributed by atoms with van der Waals surface area (Å²) < 4.78 is 6.35. The number of amides is 1. The lowest BCUT2D eigenvalue weighted by Crippen LogP contribution is -2.37. The molecule has 4 heteroatoms. The third-order valence-corrected chi connectivity index (χ3v) is 7.33. The number of rotatable bonds is 8. The SMILES string of the molecule is CC(C)c1ccc(CC2(C)Cc3cc(CC(=O)NCCC4(O)CCCCC4)ccc3O2)cc1. The number of nitrogens with one attached hydrogen (secondary N) is 1. The molecular formula is C29H39NO3. The Hall–Kier alpha value is -2.33. The first kappa shape index (κ1) is 23.8. The topological polar surface area (TPSA) is 58.6 Å². The molecule has 0 saturated heterocycles. The van der Waals surface area contributed by atoms with E-state index in [0.29, 0.717) is 25.3 Å². The summed E-state index contributed by atoms with van der Waals surface area (Å²) in [6.07, 6.45) is 7.80. The Morgan fingerprint density at radius 2 is 1.76 bits per heavy atom. The predicted molar refractivity (Wildman–Crippen MR) is 133 cm³/mol. The van der Waals surface area contributed by atoms with Gasteiger partial charge in [0.2, 0.25) is 5.91 Å². The fourth-order valence-corrected chi connectivity index (χ4v) is 5.38. The fraction of sp³-hybridized carbons (Fsp3) is 0.552. The molecule has 4 rings (SSSR count). The molecule has 4 nitrogen and oxygen atoms in total. The van der Waals surface area contributed by atoms with Crippen LogP contribution in [-0.2, 0) is 24.1 Å². The summed E-state index contributed by atoms with van der Waals surface area (Å²) in [4.78, 5) is 12.5. The van der Waals surface area contributed by atoms with E-state index in [1.165, 1.54) is 23.1 Å². The van der Waals surface area contributed by atoms with Crippen molar-refractivity contribution in [2.45, 2.75) is 95.7 Å². The van der Waals surface area contributed by atoms with Gasteiger partial charge in [-0.1, -0.05) is 69.5 Å². The number of ether oxygens (including phenoxy) is 1. The minimum absolute atomic E-state index is 0.0151. The molecule has 33 heavy (non-hydrogen) atoms. The Kier molecular flexibility index (Phi) is 7.13. The molecule has 0 bridgehead atoms. The third-order valence-electron chi connectivity index (χ3n) is 7.33. The highest BCUT2D eigenvalue weighted by Crippen LogP contribution is 2.37. The van der Waals surface area contributed by atoms with Crippen LogP contribution in [0.3, 0.4) is 0 Å². The zero-order valence-electron chi connectivity index (χ0n) is 20.5. The van der Waals surface area contributed by atoms with Gasteiger partial charge in [-0.05, 0) is 60.4 Å². The highest BCUT2D eigenvalue weighted by atomic mass is 16.5. The van der Waals surface area contributed by atoms with Crippen LogP contribution >= 0.6 is 0 Å². The van der Waals surface area contributed by atoms with Gasteiger partial charge in [-0.25, -0.2) is 0 Å². The maximum absolute atomic E-state index is 12.5. The van der Waals surface area contributed by atoms with E-state index in [2.05, 4.69) is 56.4 Å². The summed E-state index contributed by atoms with van der Waals surface area (Å²) in [5.41, 5.74) is 3.98. The van der Waals surface area contributed by atoms with E-state index < -0.39 is 5.60 Å². The molecule has 0 spiro atoms. The van der Waals surface area contributed by atoms with Gasteiger partial charge in [0.15, 0.2) is 0 Å². The number of carbonyl (C=O) groups excluding carboxylic acids is 1. The summed E-state index contributed by atoms with van der Waals surface area (Å²) in [7, 11) is 0. The first-order valence-electron chi connectivity index (χ1n) is 12.6.